The molecule has 4 rings (SSSR count). The minimum absolute atomic E-state index is 0.101. The Morgan fingerprint density at radius 3 is 2.03 bits per heavy atom. The predicted octanol–water partition coefficient (Wildman–Crippen LogP) is 8.72. The molecular weight excluding hydrogens is 414 g/mol. The van der Waals surface area contributed by atoms with Crippen LogP contribution in [0.4, 0.5) is 0 Å². The number of ketones is 1. The van der Waals surface area contributed by atoms with Gasteiger partial charge >= 0.3 is 0 Å². The van der Waals surface area contributed by atoms with Gasteiger partial charge in [-0.1, -0.05) is 73.8 Å². The maximum atomic E-state index is 12.5. The SMILES string of the molecule is CCC(=O)C1CC1c1cc(-c2cc(C(C)(C)C)cc(C(C)(C)C)c2)n(CC2CCCCC2)c1C. The first kappa shape index (κ1) is 25.3. The van der Waals surface area contributed by atoms with Crippen molar-refractivity contribution >= 4 is 5.78 Å². The van der Waals surface area contributed by atoms with Crippen molar-refractivity contribution in [2.45, 2.75) is 124 Å². The summed E-state index contributed by atoms with van der Waals surface area (Å²) in [4.78, 5) is 12.5. The highest BCUT2D eigenvalue weighted by Gasteiger charge is 2.44. The molecule has 34 heavy (non-hydrogen) atoms. The Bertz CT molecular complexity index is 1000. The zero-order valence-electron chi connectivity index (χ0n) is 23.1. The van der Waals surface area contributed by atoms with Crippen molar-refractivity contribution in [2.24, 2.45) is 11.8 Å². The van der Waals surface area contributed by atoms with Gasteiger partial charge in [-0.15, -0.1) is 0 Å². The fraction of sp³-hybridized carbons (Fsp3) is 0.656. The van der Waals surface area contributed by atoms with Gasteiger partial charge in [-0.25, -0.2) is 0 Å². The molecule has 2 aliphatic rings. The molecule has 2 fully saturated rings. The van der Waals surface area contributed by atoms with Gasteiger partial charge in [0.25, 0.3) is 0 Å². The van der Waals surface area contributed by atoms with E-state index in [1.54, 1.807) is 0 Å². The highest BCUT2D eigenvalue weighted by Crippen LogP contribution is 2.51. The predicted molar refractivity (Wildman–Crippen MR) is 145 cm³/mol. The van der Waals surface area contributed by atoms with Crippen molar-refractivity contribution in [3.05, 3.63) is 46.6 Å². The summed E-state index contributed by atoms with van der Waals surface area (Å²) in [5.41, 5.74) is 8.56. The Balaban J connectivity index is 1.83. The molecule has 0 amide bonds. The normalized spacial score (nSPS) is 21.6. The molecule has 1 heterocycles. The summed E-state index contributed by atoms with van der Waals surface area (Å²) in [6, 6.07) is 9.75. The van der Waals surface area contributed by atoms with Gasteiger partial charge in [0.1, 0.15) is 5.78 Å². The van der Waals surface area contributed by atoms with E-state index in [1.165, 1.54) is 65.7 Å². The Kier molecular flexibility index (Phi) is 6.93. The van der Waals surface area contributed by atoms with Crippen LogP contribution < -0.4 is 0 Å². The fourth-order valence-electron chi connectivity index (χ4n) is 5.94. The minimum Gasteiger partial charge on any atom is -0.344 e. The molecule has 0 saturated heterocycles. The first-order chi connectivity index (χ1) is 15.9. The summed E-state index contributed by atoms with van der Waals surface area (Å²) in [6.07, 6.45) is 8.54. The molecule has 0 N–H and O–H groups in total. The average Bonchev–Trinajstić information content (AvgIpc) is 3.51. The molecule has 2 saturated carbocycles. The van der Waals surface area contributed by atoms with Crippen molar-refractivity contribution in [2.75, 3.05) is 0 Å². The molecule has 0 bridgehead atoms. The van der Waals surface area contributed by atoms with Crippen molar-refractivity contribution < 1.29 is 4.79 Å². The summed E-state index contributed by atoms with van der Waals surface area (Å²) in [6.45, 7) is 19.4. The standard InChI is InChI=1S/C32H47NO/c1-9-30(34)28-18-27(28)26-19-29(33(21(26)2)20-22-13-11-10-12-14-22)23-15-24(31(3,4)5)17-25(16-23)32(6,7)8/h15-17,19,22,27-28H,9-14,18,20H2,1-8H3. The molecule has 2 heteroatoms. The number of benzene rings is 1. The Morgan fingerprint density at radius 1 is 0.912 bits per heavy atom. The molecule has 1 aromatic carbocycles. The summed E-state index contributed by atoms with van der Waals surface area (Å²) >= 11 is 0. The van der Waals surface area contributed by atoms with E-state index < -0.39 is 0 Å². The zero-order valence-corrected chi connectivity index (χ0v) is 23.1. The lowest BCUT2D eigenvalue weighted by atomic mass is 9.79. The van der Waals surface area contributed by atoms with Gasteiger partial charge in [0.15, 0.2) is 0 Å². The quantitative estimate of drug-likeness (QED) is 0.421. The van der Waals surface area contributed by atoms with E-state index in [-0.39, 0.29) is 16.7 Å². The second-order valence-electron chi connectivity index (χ2n) is 13.3. The molecule has 2 atom stereocenters. The van der Waals surface area contributed by atoms with E-state index in [1.807, 2.05) is 6.92 Å². The molecule has 186 valence electrons. The van der Waals surface area contributed by atoms with Crippen LogP contribution in [0.25, 0.3) is 11.3 Å². The second-order valence-corrected chi connectivity index (χ2v) is 13.3. The Labute approximate surface area is 208 Å². The Hall–Kier alpha value is -1.83. The van der Waals surface area contributed by atoms with E-state index in [0.717, 1.165) is 18.9 Å². The van der Waals surface area contributed by atoms with Crippen LogP contribution in [0.15, 0.2) is 24.3 Å². The van der Waals surface area contributed by atoms with Crippen LogP contribution in [0.3, 0.4) is 0 Å². The minimum atomic E-state index is 0.101. The Morgan fingerprint density at radius 2 is 1.50 bits per heavy atom. The van der Waals surface area contributed by atoms with E-state index >= 15 is 0 Å². The largest absolute Gasteiger partial charge is 0.344 e. The van der Waals surface area contributed by atoms with Gasteiger partial charge in [0.2, 0.25) is 0 Å². The van der Waals surface area contributed by atoms with Gasteiger partial charge in [-0.2, -0.15) is 0 Å². The van der Waals surface area contributed by atoms with Crippen LogP contribution in [-0.4, -0.2) is 10.4 Å². The van der Waals surface area contributed by atoms with Crippen molar-refractivity contribution in [3.8, 4) is 11.3 Å². The van der Waals surface area contributed by atoms with Crippen molar-refractivity contribution in [1.29, 1.82) is 0 Å². The molecule has 1 aromatic heterocycles. The maximum absolute atomic E-state index is 12.5. The molecule has 0 spiro atoms. The number of carbonyl (C=O) groups is 1. The topological polar surface area (TPSA) is 22.0 Å². The van der Waals surface area contributed by atoms with Crippen LogP contribution in [-0.2, 0) is 22.2 Å². The second kappa shape index (κ2) is 9.32. The van der Waals surface area contributed by atoms with Crippen molar-refractivity contribution in [3.63, 3.8) is 0 Å². The average molecular weight is 462 g/mol. The first-order valence-corrected chi connectivity index (χ1v) is 13.8. The van der Waals surface area contributed by atoms with Crippen LogP contribution >= 0.6 is 0 Å². The van der Waals surface area contributed by atoms with Crippen LogP contribution in [0, 0.1) is 18.8 Å². The summed E-state index contributed by atoms with van der Waals surface area (Å²) < 4.78 is 2.63. The highest BCUT2D eigenvalue weighted by molar-refractivity contribution is 5.85. The van der Waals surface area contributed by atoms with Crippen molar-refractivity contribution in [1.82, 2.24) is 4.57 Å². The lowest BCUT2D eigenvalue weighted by molar-refractivity contribution is -0.120. The number of aromatic nitrogens is 1. The van der Waals surface area contributed by atoms with Crippen LogP contribution in [0.1, 0.15) is 122 Å². The lowest BCUT2D eigenvalue weighted by Gasteiger charge is -2.27. The van der Waals surface area contributed by atoms with Crippen LogP contribution in [0.5, 0.6) is 0 Å². The zero-order chi connectivity index (χ0) is 24.8. The smallest absolute Gasteiger partial charge is 0.136 e. The summed E-state index contributed by atoms with van der Waals surface area (Å²) in [5.74, 6) is 1.88. The highest BCUT2D eigenvalue weighted by atomic mass is 16.1. The molecule has 0 aliphatic heterocycles. The molecular formula is C32H47NO. The lowest BCUT2D eigenvalue weighted by Crippen LogP contribution is -2.18. The van der Waals surface area contributed by atoms with Gasteiger partial charge in [-0.05, 0) is 89.3 Å². The van der Waals surface area contributed by atoms with Gasteiger partial charge < -0.3 is 4.57 Å². The maximum Gasteiger partial charge on any atom is 0.136 e. The van der Waals surface area contributed by atoms with Gasteiger partial charge in [0.05, 0.1) is 0 Å². The molecule has 0 radical (unpaired) electrons. The molecule has 2 nitrogen and oxygen atoms in total. The first-order valence-electron chi connectivity index (χ1n) is 13.8. The third kappa shape index (κ3) is 5.21. The molecule has 2 unspecified atom stereocenters. The summed E-state index contributed by atoms with van der Waals surface area (Å²) in [5, 5.41) is 0. The fourth-order valence-corrected chi connectivity index (χ4v) is 5.94. The summed E-state index contributed by atoms with van der Waals surface area (Å²) in [7, 11) is 0. The number of hydrogen-bond acceptors (Lipinski definition) is 1. The number of rotatable bonds is 6. The molecule has 2 aliphatic carbocycles. The van der Waals surface area contributed by atoms with Gasteiger partial charge in [-0.3, -0.25) is 4.79 Å². The number of carbonyl (C=O) groups excluding carboxylic acids is 1. The van der Waals surface area contributed by atoms with E-state index in [0.29, 0.717) is 18.1 Å². The molecule has 2 aromatic rings. The number of Topliss-reactive ketones (excluding diaryl/α,β-unsaturated/α-hetero) is 1. The van der Waals surface area contributed by atoms with E-state index in [2.05, 4.69) is 77.3 Å². The van der Waals surface area contributed by atoms with E-state index in [9.17, 15) is 4.79 Å². The third-order valence-electron chi connectivity index (χ3n) is 8.48. The number of hydrogen-bond donors (Lipinski definition) is 0. The van der Waals surface area contributed by atoms with E-state index in [4.69, 9.17) is 0 Å². The number of nitrogens with zero attached hydrogens (tertiary/aromatic N) is 1. The monoisotopic (exact) mass is 461 g/mol. The van der Waals surface area contributed by atoms with Gasteiger partial charge in [0, 0.05) is 30.3 Å². The van der Waals surface area contributed by atoms with Crippen LogP contribution in [0.2, 0.25) is 0 Å². The third-order valence-corrected chi connectivity index (χ3v) is 8.48.